The van der Waals surface area contributed by atoms with Crippen LogP contribution < -0.4 is 10.1 Å². The Kier molecular flexibility index (Phi) is 5.89. The second-order valence-corrected chi connectivity index (χ2v) is 6.23. The fraction of sp³-hybridized carbons (Fsp3) is 0.438. The van der Waals surface area contributed by atoms with Gasteiger partial charge in [-0.2, -0.15) is 0 Å². The molecule has 0 radical (unpaired) electrons. The second-order valence-electron chi connectivity index (χ2n) is 5.17. The van der Waals surface area contributed by atoms with Gasteiger partial charge >= 0.3 is 0 Å². The number of carbonyl (C=O) groups is 1. The predicted molar refractivity (Wildman–Crippen MR) is 88.4 cm³/mol. The van der Waals surface area contributed by atoms with Gasteiger partial charge in [0.05, 0.1) is 7.11 Å². The van der Waals surface area contributed by atoms with E-state index in [1.165, 1.54) is 11.3 Å². The summed E-state index contributed by atoms with van der Waals surface area (Å²) in [5.41, 5.74) is 1.05. The molecular formula is C16H21N3O2S. The minimum atomic E-state index is -0.00781. The lowest BCUT2D eigenvalue weighted by atomic mass is 10.1. The molecule has 1 heterocycles. The Morgan fingerprint density at radius 1 is 1.36 bits per heavy atom. The molecule has 1 aromatic carbocycles. The number of nitrogens with zero attached hydrogens (tertiary/aromatic N) is 2. The van der Waals surface area contributed by atoms with Gasteiger partial charge in [0.25, 0.3) is 0 Å². The largest absolute Gasteiger partial charge is 0.496 e. The van der Waals surface area contributed by atoms with Gasteiger partial charge in [0.1, 0.15) is 10.8 Å². The van der Waals surface area contributed by atoms with Crippen LogP contribution in [0.25, 0.3) is 0 Å². The van der Waals surface area contributed by atoms with Gasteiger partial charge in [-0.15, -0.1) is 10.2 Å². The van der Waals surface area contributed by atoms with Crippen molar-refractivity contribution < 1.29 is 9.53 Å². The Hall–Kier alpha value is -1.95. The highest BCUT2D eigenvalue weighted by molar-refractivity contribution is 7.15. The van der Waals surface area contributed by atoms with Crippen LogP contribution in [0.5, 0.6) is 5.75 Å². The molecule has 1 amide bonds. The maximum atomic E-state index is 12.0. The van der Waals surface area contributed by atoms with E-state index < -0.39 is 0 Å². The van der Waals surface area contributed by atoms with Crippen molar-refractivity contribution in [1.29, 1.82) is 0 Å². The predicted octanol–water partition coefficient (Wildman–Crippen LogP) is 3.51. The summed E-state index contributed by atoms with van der Waals surface area (Å²) in [7, 11) is 1.65. The fourth-order valence-electron chi connectivity index (χ4n) is 2.18. The normalized spacial score (nSPS) is 12.0. The number of para-hydroxylation sites is 1. The van der Waals surface area contributed by atoms with Crippen molar-refractivity contribution in [2.24, 2.45) is 5.92 Å². The summed E-state index contributed by atoms with van der Waals surface area (Å²) < 4.78 is 5.33. The SMILES string of the molecule is CCCC(C)C(=O)Nc1nnc(Cc2ccccc2OC)s1. The topological polar surface area (TPSA) is 64.1 Å². The van der Waals surface area contributed by atoms with Crippen molar-refractivity contribution >= 4 is 22.4 Å². The van der Waals surface area contributed by atoms with Crippen LogP contribution in [0.15, 0.2) is 24.3 Å². The van der Waals surface area contributed by atoms with E-state index in [0.29, 0.717) is 11.6 Å². The highest BCUT2D eigenvalue weighted by Gasteiger charge is 2.15. The van der Waals surface area contributed by atoms with Gasteiger partial charge in [-0.3, -0.25) is 4.79 Å². The Balaban J connectivity index is 2.01. The lowest BCUT2D eigenvalue weighted by Crippen LogP contribution is -2.20. The third kappa shape index (κ3) is 4.27. The van der Waals surface area contributed by atoms with Crippen molar-refractivity contribution in [3.63, 3.8) is 0 Å². The van der Waals surface area contributed by atoms with Crippen molar-refractivity contribution in [2.45, 2.75) is 33.1 Å². The number of methoxy groups -OCH3 is 1. The number of hydrogen-bond donors (Lipinski definition) is 1. The molecule has 1 aromatic heterocycles. The number of carbonyl (C=O) groups excluding carboxylic acids is 1. The van der Waals surface area contributed by atoms with E-state index in [2.05, 4.69) is 22.4 Å². The molecule has 118 valence electrons. The molecule has 0 saturated carbocycles. The van der Waals surface area contributed by atoms with Gasteiger partial charge in [-0.05, 0) is 12.5 Å². The number of nitrogens with one attached hydrogen (secondary N) is 1. The fourth-order valence-corrected chi connectivity index (χ4v) is 2.95. The number of benzene rings is 1. The lowest BCUT2D eigenvalue weighted by molar-refractivity contribution is -0.119. The van der Waals surface area contributed by atoms with Crippen molar-refractivity contribution in [1.82, 2.24) is 10.2 Å². The molecule has 1 unspecified atom stereocenters. The quantitative estimate of drug-likeness (QED) is 0.848. The average Bonchev–Trinajstić information content (AvgIpc) is 2.95. The molecule has 0 aliphatic heterocycles. The number of ether oxygens (including phenoxy) is 1. The molecule has 2 rings (SSSR count). The van der Waals surface area contributed by atoms with E-state index in [-0.39, 0.29) is 11.8 Å². The summed E-state index contributed by atoms with van der Waals surface area (Å²) in [5.74, 6) is 0.827. The zero-order chi connectivity index (χ0) is 15.9. The summed E-state index contributed by atoms with van der Waals surface area (Å²) in [6, 6.07) is 7.82. The van der Waals surface area contributed by atoms with E-state index in [4.69, 9.17) is 4.74 Å². The molecule has 5 nitrogen and oxygen atoms in total. The molecule has 0 saturated heterocycles. The molecule has 1 atom stereocenters. The van der Waals surface area contributed by atoms with Crippen LogP contribution in [0.1, 0.15) is 37.3 Å². The molecule has 22 heavy (non-hydrogen) atoms. The number of rotatable bonds is 7. The Bertz CT molecular complexity index is 627. The zero-order valence-corrected chi connectivity index (χ0v) is 13.9. The Morgan fingerprint density at radius 2 is 2.14 bits per heavy atom. The van der Waals surface area contributed by atoms with Crippen LogP contribution in [0.2, 0.25) is 0 Å². The first-order valence-electron chi connectivity index (χ1n) is 7.39. The summed E-state index contributed by atoms with van der Waals surface area (Å²) in [4.78, 5) is 12.0. The van der Waals surface area contributed by atoms with Crippen LogP contribution in [-0.2, 0) is 11.2 Å². The van der Waals surface area contributed by atoms with E-state index in [1.54, 1.807) is 7.11 Å². The van der Waals surface area contributed by atoms with Gasteiger partial charge < -0.3 is 10.1 Å². The molecule has 0 fully saturated rings. The summed E-state index contributed by atoms with van der Waals surface area (Å²) >= 11 is 1.40. The molecule has 0 aliphatic rings. The van der Waals surface area contributed by atoms with Crippen LogP contribution in [-0.4, -0.2) is 23.2 Å². The van der Waals surface area contributed by atoms with Crippen molar-refractivity contribution in [3.05, 3.63) is 34.8 Å². The first-order chi connectivity index (χ1) is 10.6. The van der Waals surface area contributed by atoms with Crippen LogP contribution >= 0.6 is 11.3 Å². The summed E-state index contributed by atoms with van der Waals surface area (Å²) in [5, 5.41) is 12.4. The Labute approximate surface area is 134 Å². The van der Waals surface area contributed by atoms with Gasteiger partial charge in [-0.1, -0.05) is 49.8 Å². The van der Waals surface area contributed by atoms with Crippen LogP contribution in [0, 0.1) is 5.92 Å². The van der Waals surface area contributed by atoms with E-state index >= 15 is 0 Å². The van der Waals surface area contributed by atoms with Crippen LogP contribution in [0.3, 0.4) is 0 Å². The van der Waals surface area contributed by atoms with Gasteiger partial charge in [0.2, 0.25) is 11.0 Å². The maximum Gasteiger partial charge on any atom is 0.229 e. The number of hydrogen-bond acceptors (Lipinski definition) is 5. The van der Waals surface area contributed by atoms with E-state index in [9.17, 15) is 4.79 Å². The smallest absolute Gasteiger partial charge is 0.229 e. The maximum absolute atomic E-state index is 12.0. The number of aromatic nitrogens is 2. The van der Waals surface area contributed by atoms with E-state index in [1.807, 2.05) is 31.2 Å². The van der Waals surface area contributed by atoms with Crippen molar-refractivity contribution in [3.8, 4) is 5.75 Å². The second kappa shape index (κ2) is 7.89. The Morgan fingerprint density at radius 3 is 2.86 bits per heavy atom. The van der Waals surface area contributed by atoms with E-state index in [0.717, 1.165) is 29.2 Å². The summed E-state index contributed by atoms with van der Waals surface area (Å²) in [6.45, 7) is 4.00. The molecule has 1 N–H and O–H groups in total. The monoisotopic (exact) mass is 319 g/mol. The molecule has 0 aliphatic carbocycles. The van der Waals surface area contributed by atoms with Gasteiger partial charge in [-0.25, -0.2) is 0 Å². The third-order valence-corrected chi connectivity index (χ3v) is 4.24. The molecule has 2 aromatic rings. The minimum Gasteiger partial charge on any atom is -0.496 e. The highest BCUT2D eigenvalue weighted by Crippen LogP contribution is 2.24. The standard InChI is InChI=1S/C16H21N3O2S/c1-4-7-11(2)15(20)17-16-19-18-14(22-16)10-12-8-5-6-9-13(12)21-3/h5-6,8-9,11H,4,7,10H2,1-3H3,(H,17,19,20). The first-order valence-corrected chi connectivity index (χ1v) is 8.20. The highest BCUT2D eigenvalue weighted by atomic mass is 32.1. The van der Waals surface area contributed by atoms with Crippen LogP contribution in [0.4, 0.5) is 5.13 Å². The van der Waals surface area contributed by atoms with Gasteiger partial charge in [0, 0.05) is 17.9 Å². The number of anilines is 1. The molecule has 0 bridgehead atoms. The van der Waals surface area contributed by atoms with Crippen molar-refractivity contribution in [2.75, 3.05) is 12.4 Å². The molecular weight excluding hydrogens is 298 g/mol. The summed E-state index contributed by atoms with van der Waals surface area (Å²) in [6.07, 6.45) is 2.50. The zero-order valence-electron chi connectivity index (χ0n) is 13.1. The molecule has 6 heteroatoms. The van der Waals surface area contributed by atoms with Gasteiger partial charge in [0.15, 0.2) is 0 Å². The first kappa shape index (κ1) is 16.4. The number of amides is 1. The molecule has 0 spiro atoms. The average molecular weight is 319 g/mol. The minimum absolute atomic E-state index is 0.00171. The lowest BCUT2D eigenvalue weighted by Gasteiger charge is -2.08. The third-order valence-electron chi connectivity index (χ3n) is 3.40.